The quantitative estimate of drug-likeness (QED) is 0.635. The lowest BCUT2D eigenvalue weighted by molar-refractivity contribution is -0.384. The molecule has 1 fully saturated rings. The Labute approximate surface area is 118 Å². The Morgan fingerprint density at radius 3 is 2.90 bits per heavy atom. The Morgan fingerprint density at radius 2 is 2.35 bits per heavy atom. The predicted octanol–water partition coefficient (Wildman–Crippen LogP) is 1.84. The fourth-order valence-electron chi connectivity index (χ4n) is 2.80. The van der Waals surface area contributed by atoms with Gasteiger partial charge in [-0.25, -0.2) is 0 Å². The van der Waals surface area contributed by atoms with E-state index in [2.05, 4.69) is 10.2 Å². The molecule has 2 atom stereocenters. The molecular formula is C14H21N3O3. The molecular weight excluding hydrogens is 258 g/mol. The van der Waals surface area contributed by atoms with Crippen LogP contribution in [0.15, 0.2) is 18.2 Å². The molecule has 110 valence electrons. The van der Waals surface area contributed by atoms with Gasteiger partial charge in [-0.1, -0.05) is 12.1 Å². The number of aliphatic hydroxyl groups is 1. The molecule has 2 rings (SSSR count). The number of nitrogens with one attached hydrogen (secondary N) is 1. The van der Waals surface area contributed by atoms with Crippen molar-refractivity contribution in [2.75, 3.05) is 25.5 Å². The number of nitro groups is 1. The maximum atomic E-state index is 11.0. The Hall–Kier alpha value is -1.66. The minimum Gasteiger partial charge on any atom is -0.393 e. The molecule has 6 nitrogen and oxygen atoms in total. The molecule has 1 aliphatic heterocycles. The van der Waals surface area contributed by atoms with Crippen LogP contribution in [0.3, 0.4) is 0 Å². The van der Waals surface area contributed by atoms with Gasteiger partial charge in [-0.3, -0.25) is 15.0 Å². The largest absolute Gasteiger partial charge is 0.393 e. The van der Waals surface area contributed by atoms with Gasteiger partial charge >= 0.3 is 0 Å². The number of rotatable bonds is 5. The molecule has 1 saturated heterocycles. The van der Waals surface area contributed by atoms with E-state index in [9.17, 15) is 15.2 Å². The highest BCUT2D eigenvalue weighted by molar-refractivity contribution is 5.66. The average Bonchev–Trinajstić information content (AvgIpc) is 2.87. The lowest BCUT2D eigenvalue weighted by Crippen LogP contribution is -2.24. The number of hydrogen-bond donors (Lipinski definition) is 2. The summed E-state index contributed by atoms with van der Waals surface area (Å²) in [6.45, 7) is 4.24. The second kappa shape index (κ2) is 6.19. The third-order valence-electron chi connectivity index (χ3n) is 3.96. The molecule has 0 bridgehead atoms. The summed E-state index contributed by atoms with van der Waals surface area (Å²) < 4.78 is 0. The van der Waals surface area contributed by atoms with E-state index in [1.165, 1.54) is 6.07 Å². The van der Waals surface area contributed by atoms with Crippen molar-refractivity contribution in [3.8, 4) is 0 Å². The van der Waals surface area contributed by atoms with E-state index in [0.29, 0.717) is 18.2 Å². The fourth-order valence-corrected chi connectivity index (χ4v) is 2.80. The molecule has 20 heavy (non-hydrogen) atoms. The molecule has 6 heteroatoms. The summed E-state index contributed by atoms with van der Waals surface area (Å²) in [6, 6.07) is 5.14. The zero-order valence-electron chi connectivity index (χ0n) is 11.9. The van der Waals surface area contributed by atoms with Gasteiger partial charge in [-0.05, 0) is 31.4 Å². The number of para-hydroxylation sites is 1. The van der Waals surface area contributed by atoms with Crippen LogP contribution in [0, 0.1) is 16.0 Å². The first kappa shape index (κ1) is 14.7. The Balaban J connectivity index is 2.14. The minimum atomic E-state index is -0.363. The van der Waals surface area contributed by atoms with Gasteiger partial charge in [0.15, 0.2) is 0 Å². The second-order valence-electron chi connectivity index (χ2n) is 5.34. The summed E-state index contributed by atoms with van der Waals surface area (Å²) in [5, 5.41) is 23.6. The van der Waals surface area contributed by atoms with E-state index < -0.39 is 0 Å². The van der Waals surface area contributed by atoms with Crippen molar-refractivity contribution in [3.05, 3.63) is 33.9 Å². The summed E-state index contributed by atoms with van der Waals surface area (Å²) in [4.78, 5) is 12.9. The molecule has 1 aromatic rings. The third-order valence-corrected chi connectivity index (χ3v) is 3.96. The van der Waals surface area contributed by atoms with Gasteiger partial charge in [0.1, 0.15) is 5.69 Å². The summed E-state index contributed by atoms with van der Waals surface area (Å²) in [5.41, 5.74) is 1.61. The number of nitrogens with zero attached hydrogens (tertiary/aromatic N) is 2. The normalized spacial score (nSPS) is 20.9. The lowest BCUT2D eigenvalue weighted by Gasteiger charge is -2.19. The maximum absolute atomic E-state index is 11.0. The number of aliphatic hydroxyl groups excluding tert-OH is 1. The molecule has 1 heterocycles. The van der Waals surface area contributed by atoms with Crippen molar-refractivity contribution in [2.24, 2.45) is 5.92 Å². The summed E-state index contributed by atoms with van der Waals surface area (Å²) >= 11 is 0. The van der Waals surface area contributed by atoms with Crippen LogP contribution in [0.25, 0.3) is 0 Å². The van der Waals surface area contributed by atoms with Crippen molar-refractivity contribution in [1.82, 2.24) is 4.90 Å². The molecule has 0 saturated carbocycles. The average molecular weight is 279 g/mol. The molecule has 1 aliphatic rings. The number of anilines is 1. The second-order valence-corrected chi connectivity index (χ2v) is 5.34. The van der Waals surface area contributed by atoms with Gasteiger partial charge in [-0.2, -0.15) is 0 Å². The molecule has 0 amide bonds. The molecule has 1 aromatic carbocycles. The SMILES string of the molecule is CNc1c(CN2CCC(C(C)O)C2)cccc1[N+](=O)[O-]. The third kappa shape index (κ3) is 3.08. The van der Waals surface area contributed by atoms with Crippen molar-refractivity contribution in [1.29, 1.82) is 0 Å². The Bertz CT molecular complexity index is 491. The molecule has 0 radical (unpaired) electrons. The highest BCUT2D eigenvalue weighted by Crippen LogP contribution is 2.30. The first-order valence-electron chi connectivity index (χ1n) is 6.87. The van der Waals surface area contributed by atoms with Gasteiger partial charge in [0, 0.05) is 26.2 Å². The van der Waals surface area contributed by atoms with Crippen LogP contribution >= 0.6 is 0 Å². The summed E-state index contributed by atoms with van der Waals surface area (Å²) in [7, 11) is 1.70. The number of nitro benzene ring substituents is 1. The zero-order chi connectivity index (χ0) is 14.7. The molecule has 0 spiro atoms. The molecule has 2 N–H and O–H groups in total. The highest BCUT2D eigenvalue weighted by Gasteiger charge is 2.27. The van der Waals surface area contributed by atoms with Gasteiger partial charge in [0.05, 0.1) is 11.0 Å². The van der Waals surface area contributed by atoms with E-state index in [4.69, 9.17) is 0 Å². The Morgan fingerprint density at radius 1 is 1.60 bits per heavy atom. The van der Waals surface area contributed by atoms with Crippen molar-refractivity contribution >= 4 is 11.4 Å². The van der Waals surface area contributed by atoms with E-state index in [1.54, 1.807) is 13.1 Å². The standard InChI is InChI=1S/C14H21N3O3/c1-10(18)11-6-7-16(8-11)9-12-4-3-5-13(17(19)20)14(12)15-2/h3-5,10-11,15,18H,6-9H2,1-2H3. The van der Waals surface area contributed by atoms with Crippen molar-refractivity contribution < 1.29 is 10.0 Å². The van der Waals surface area contributed by atoms with Crippen molar-refractivity contribution in [2.45, 2.75) is 26.0 Å². The van der Waals surface area contributed by atoms with Crippen LogP contribution in [-0.4, -0.2) is 41.2 Å². The van der Waals surface area contributed by atoms with Crippen LogP contribution in [0.5, 0.6) is 0 Å². The fraction of sp³-hybridized carbons (Fsp3) is 0.571. The molecule has 0 aromatic heterocycles. The van der Waals surface area contributed by atoms with Gasteiger partial charge < -0.3 is 10.4 Å². The summed E-state index contributed by atoms with van der Waals surface area (Å²) in [6.07, 6.45) is 0.676. The highest BCUT2D eigenvalue weighted by atomic mass is 16.6. The smallest absolute Gasteiger partial charge is 0.292 e. The maximum Gasteiger partial charge on any atom is 0.292 e. The topological polar surface area (TPSA) is 78.6 Å². The van der Waals surface area contributed by atoms with Crippen LogP contribution in [0.2, 0.25) is 0 Å². The number of likely N-dealkylation sites (tertiary alicyclic amines) is 1. The van der Waals surface area contributed by atoms with Crippen LogP contribution in [0.1, 0.15) is 18.9 Å². The first-order valence-corrected chi connectivity index (χ1v) is 6.87. The zero-order valence-corrected chi connectivity index (χ0v) is 11.9. The molecule has 2 unspecified atom stereocenters. The van der Waals surface area contributed by atoms with Crippen LogP contribution in [-0.2, 0) is 6.54 Å². The van der Waals surface area contributed by atoms with Gasteiger partial charge in [-0.15, -0.1) is 0 Å². The van der Waals surface area contributed by atoms with Crippen molar-refractivity contribution in [3.63, 3.8) is 0 Å². The lowest BCUT2D eigenvalue weighted by atomic mass is 10.0. The van der Waals surface area contributed by atoms with E-state index in [-0.39, 0.29) is 16.7 Å². The number of benzene rings is 1. The van der Waals surface area contributed by atoms with Gasteiger partial charge in [0.25, 0.3) is 5.69 Å². The summed E-state index contributed by atoms with van der Waals surface area (Å²) in [5.74, 6) is 0.298. The predicted molar refractivity (Wildman–Crippen MR) is 77.7 cm³/mol. The Kier molecular flexibility index (Phi) is 4.57. The van der Waals surface area contributed by atoms with Crippen LogP contribution in [0.4, 0.5) is 11.4 Å². The van der Waals surface area contributed by atoms with E-state index >= 15 is 0 Å². The monoisotopic (exact) mass is 279 g/mol. The molecule has 0 aliphatic carbocycles. The first-order chi connectivity index (χ1) is 9.52. The van der Waals surface area contributed by atoms with Gasteiger partial charge in [0.2, 0.25) is 0 Å². The minimum absolute atomic E-state index is 0.108. The number of hydrogen-bond acceptors (Lipinski definition) is 5. The van der Waals surface area contributed by atoms with E-state index in [0.717, 1.165) is 25.1 Å². The van der Waals surface area contributed by atoms with Crippen LogP contribution < -0.4 is 5.32 Å². The van der Waals surface area contributed by atoms with E-state index in [1.807, 2.05) is 13.0 Å².